The van der Waals surface area contributed by atoms with Crippen LogP contribution < -0.4 is 4.74 Å². The molecule has 0 aliphatic heterocycles. The normalized spacial score (nSPS) is 10.5. The Balaban J connectivity index is 1.71. The first-order valence-electron chi connectivity index (χ1n) is 8.49. The summed E-state index contributed by atoms with van der Waals surface area (Å²) in [5.41, 5.74) is 1.92. The van der Waals surface area contributed by atoms with Crippen molar-refractivity contribution < 1.29 is 18.3 Å². The number of ether oxygens (including phenoxy) is 1. The van der Waals surface area contributed by atoms with Crippen LogP contribution in [0, 0.1) is 11.6 Å². The number of amides is 1. The van der Waals surface area contributed by atoms with Gasteiger partial charge in [0.25, 0.3) is 5.91 Å². The Morgan fingerprint density at radius 2 is 1.63 bits per heavy atom. The van der Waals surface area contributed by atoms with E-state index in [9.17, 15) is 13.6 Å². The quantitative estimate of drug-likeness (QED) is 0.625. The standard InChI is InChI=1S/C22H19F2NO2/c1-25(14-17-5-4-6-19(24)13-17)22(26)20-7-2-3-8-21(20)27-15-16-9-11-18(23)12-10-16/h2-13H,14-15H2,1H3. The summed E-state index contributed by atoms with van der Waals surface area (Å²) in [5, 5.41) is 0. The van der Waals surface area contributed by atoms with Gasteiger partial charge in [0.2, 0.25) is 0 Å². The predicted molar refractivity (Wildman–Crippen MR) is 99.4 cm³/mol. The Morgan fingerprint density at radius 1 is 0.889 bits per heavy atom. The Bertz CT molecular complexity index is 926. The summed E-state index contributed by atoms with van der Waals surface area (Å²) < 4.78 is 32.1. The Morgan fingerprint density at radius 3 is 2.37 bits per heavy atom. The SMILES string of the molecule is CN(Cc1cccc(F)c1)C(=O)c1ccccc1OCc1ccc(F)cc1. The van der Waals surface area contributed by atoms with E-state index in [-0.39, 0.29) is 30.7 Å². The average Bonchev–Trinajstić information content (AvgIpc) is 2.67. The molecule has 5 heteroatoms. The first-order chi connectivity index (χ1) is 13.0. The Labute approximate surface area is 156 Å². The Hall–Kier alpha value is -3.21. The fourth-order valence-electron chi connectivity index (χ4n) is 2.70. The number of para-hydroxylation sites is 1. The topological polar surface area (TPSA) is 29.5 Å². The third kappa shape index (κ3) is 4.91. The van der Waals surface area contributed by atoms with Crippen LogP contribution in [-0.4, -0.2) is 17.9 Å². The summed E-state index contributed by atoms with van der Waals surface area (Å²) in [4.78, 5) is 14.3. The summed E-state index contributed by atoms with van der Waals surface area (Å²) in [6.07, 6.45) is 0. The zero-order chi connectivity index (χ0) is 19.2. The molecule has 0 atom stereocenters. The summed E-state index contributed by atoms with van der Waals surface area (Å²) in [6.45, 7) is 0.501. The molecule has 0 radical (unpaired) electrons. The fourth-order valence-corrected chi connectivity index (χ4v) is 2.70. The van der Waals surface area contributed by atoms with Crippen molar-refractivity contribution in [3.63, 3.8) is 0 Å². The minimum absolute atomic E-state index is 0.220. The molecule has 0 N–H and O–H groups in total. The van der Waals surface area contributed by atoms with Gasteiger partial charge in [-0.15, -0.1) is 0 Å². The van der Waals surface area contributed by atoms with Gasteiger partial charge in [0.05, 0.1) is 5.56 Å². The van der Waals surface area contributed by atoms with Gasteiger partial charge < -0.3 is 9.64 Å². The number of carbonyl (C=O) groups is 1. The van der Waals surface area contributed by atoms with Crippen molar-refractivity contribution in [3.05, 3.63) is 101 Å². The average molecular weight is 367 g/mol. The maximum Gasteiger partial charge on any atom is 0.257 e. The zero-order valence-corrected chi connectivity index (χ0v) is 14.9. The van der Waals surface area contributed by atoms with Crippen molar-refractivity contribution in [1.29, 1.82) is 0 Å². The lowest BCUT2D eigenvalue weighted by molar-refractivity contribution is 0.0780. The van der Waals surface area contributed by atoms with E-state index in [0.29, 0.717) is 16.9 Å². The lowest BCUT2D eigenvalue weighted by atomic mass is 10.1. The molecule has 0 saturated carbocycles. The molecule has 0 unspecified atom stereocenters. The zero-order valence-electron chi connectivity index (χ0n) is 14.9. The number of benzene rings is 3. The van der Waals surface area contributed by atoms with Crippen LogP contribution in [0.3, 0.4) is 0 Å². The van der Waals surface area contributed by atoms with Crippen molar-refractivity contribution in [1.82, 2.24) is 4.90 Å². The second kappa shape index (κ2) is 8.45. The third-order valence-corrected chi connectivity index (χ3v) is 4.08. The number of halogens is 2. The maximum atomic E-state index is 13.3. The van der Waals surface area contributed by atoms with Crippen molar-refractivity contribution >= 4 is 5.91 Å². The molecule has 3 nitrogen and oxygen atoms in total. The molecule has 0 aliphatic carbocycles. The monoisotopic (exact) mass is 367 g/mol. The number of hydrogen-bond donors (Lipinski definition) is 0. The van der Waals surface area contributed by atoms with Gasteiger partial charge in [-0.05, 0) is 47.5 Å². The molecular weight excluding hydrogens is 348 g/mol. The largest absolute Gasteiger partial charge is 0.488 e. The van der Waals surface area contributed by atoms with Gasteiger partial charge in [-0.3, -0.25) is 4.79 Å². The van der Waals surface area contributed by atoms with Gasteiger partial charge in [0, 0.05) is 13.6 Å². The molecular formula is C22H19F2NO2. The van der Waals surface area contributed by atoms with Crippen LogP contribution >= 0.6 is 0 Å². The van der Waals surface area contributed by atoms with Crippen LogP contribution in [0.25, 0.3) is 0 Å². The summed E-state index contributed by atoms with van der Waals surface area (Å²) in [6, 6.07) is 19.1. The predicted octanol–water partition coefficient (Wildman–Crippen LogP) is 4.82. The lowest BCUT2D eigenvalue weighted by Gasteiger charge is -2.19. The van der Waals surface area contributed by atoms with Gasteiger partial charge in [0.15, 0.2) is 0 Å². The molecule has 3 aromatic rings. The molecule has 0 bridgehead atoms. The minimum atomic E-state index is -0.337. The molecule has 3 rings (SSSR count). The van der Waals surface area contributed by atoms with Crippen LogP contribution in [0.15, 0.2) is 72.8 Å². The molecule has 27 heavy (non-hydrogen) atoms. The van der Waals surface area contributed by atoms with Crippen LogP contribution in [0.4, 0.5) is 8.78 Å². The summed E-state index contributed by atoms with van der Waals surface area (Å²) in [5.74, 6) is -0.434. The van der Waals surface area contributed by atoms with Crippen LogP contribution in [0.5, 0.6) is 5.75 Å². The molecule has 0 heterocycles. The second-order valence-corrected chi connectivity index (χ2v) is 6.20. The maximum absolute atomic E-state index is 13.3. The van der Waals surface area contributed by atoms with Crippen LogP contribution in [-0.2, 0) is 13.2 Å². The molecule has 0 aliphatic rings. The number of nitrogens with zero attached hydrogens (tertiary/aromatic N) is 1. The highest BCUT2D eigenvalue weighted by molar-refractivity contribution is 5.96. The van der Waals surface area contributed by atoms with E-state index in [1.54, 1.807) is 55.6 Å². The second-order valence-electron chi connectivity index (χ2n) is 6.20. The van der Waals surface area contributed by atoms with Crippen molar-refractivity contribution in [3.8, 4) is 5.75 Å². The summed E-state index contributed by atoms with van der Waals surface area (Å²) >= 11 is 0. The molecule has 0 fully saturated rings. The third-order valence-electron chi connectivity index (χ3n) is 4.08. The highest BCUT2D eigenvalue weighted by atomic mass is 19.1. The number of carbonyl (C=O) groups excluding carboxylic acids is 1. The smallest absolute Gasteiger partial charge is 0.257 e. The highest BCUT2D eigenvalue weighted by Gasteiger charge is 2.17. The van der Waals surface area contributed by atoms with E-state index in [2.05, 4.69) is 0 Å². The van der Waals surface area contributed by atoms with Gasteiger partial charge in [0.1, 0.15) is 24.0 Å². The number of rotatable bonds is 6. The van der Waals surface area contributed by atoms with Gasteiger partial charge in [-0.1, -0.05) is 36.4 Å². The van der Waals surface area contributed by atoms with E-state index in [1.807, 2.05) is 0 Å². The van der Waals surface area contributed by atoms with E-state index in [4.69, 9.17) is 4.74 Å². The van der Waals surface area contributed by atoms with Crippen molar-refractivity contribution in [2.45, 2.75) is 13.2 Å². The van der Waals surface area contributed by atoms with Crippen molar-refractivity contribution in [2.75, 3.05) is 7.05 Å². The van der Waals surface area contributed by atoms with Gasteiger partial charge >= 0.3 is 0 Å². The molecule has 1 amide bonds. The molecule has 0 spiro atoms. The minimum Gasteiger partial charge on any atom is -0.488 e. The number of hydrogen-bond acceptors (Lipinski definition) is 2. The van der Waals surface area contributed by atoms with Crippen molar-refractivity contribution in [2.24, 2.45) is 0 Å². The molecule has 138 valence electrons. The van der Waals surface area contributed by atoms with E-state index in [1.165, 1.54) is 29.2 Å². The van der Waals surface area contributed by atoms with Gasteiger partial charge in [-0.2, -0.15) is 0 Å². The first-order valence-corrected chi connectivity index (χ1v) is 8.49. The molecule has 3 aromatic carbocycles. The fraction of sp³-hybridized carbons (Fsp3) is 0.136. The summed E-state index contributed by atoms with van der Waals surface area (Å²) in [7, 11) is 1.66. The molecule has 0 aromatic heterocycles. The molecule has 0 saturated heterocycles. The Kier molecular flexibility index (Phi) is 5.81. The van der Waals surface area contributed by atoms with E-state index >= 15 is 0 Å². The highest BCUT2D eigenvalue weighted by Crippen LogP contribution is 2.22. The van der Waals surface area contributed by atoms with Crippen LogP contribution in [0.2, 0.25) is 0 Å². The van der Waals surface area contributed by atoms with E-state index < -0.39 is 0 Å². The van der Waals surface area contributed by atoms with Gasteiger partial charge in [-0.25, -0.2) is 8.78 Å². The first kappa shape index (κ1) is 18.6. The lowest BCUT2D eigenvalue weighted by Crippen LogP contribution is -2.26. The van der Waals surface area contributed by atoms with E-state index in [0.717, 1.165) is 5.56 Å². The van der Waals surface area contributed by atoms with Crippen LogP contribution in [0.1, 0.15) is 21.5 Å².